The van der Waals surface area contributed by atoms with Crippen molar-refractivity contribution in [2.75, 3.05) is 179 Å². The highest BCUT2D eigenvalue weighted by Crippen LogP contribution is 2.51. The first-order valence-corrected chi connectivity index (χ1v) is 51.4. The molecule has 4 saturated carbocycles. The molecular formula is C105H135N29O5. The number of likely N-dealkylation sites (N-methyl/N-ethyl adjacent to an activating group) is 1. The molecule has 4 aliphatic carbocycles. The second kappa shape index (κ2) is 40.3. The summed E-state index contributed by atoms with van der Waals surface area (Å²) in [6, 6.07) is 24.9. The Labute approximate surface area is 813 Å². The van der Waals surface area contributed by atoms with Crippen LogP contribution in [0.15, 0.2) is 122 Å². The highest BCUT2D eigenvalue weighted by molar-refractivity contribution is 6.03. The van der Waals surface area contributed by atoms with Crippen LogP contribution in [0.2, 0.25) is 0 Å². The van der Waals surface area contributed by atoms with Gasteiger partial charge in [0.25, 0.3) is 0 Å². The molecule has 0 aromatic carbocycles. The number of piperazine rings is 4. The van der Waals surface area contributed by atoms with Crippen molar-refractivity contribution in [3.8, 4) is 0 Å². The van der Waals surface area contributed by atoms with Gasteiger partial charge in [-0.05, 0) is 171 Å². The minimum atomic E-state index is 0. The SMILES string of the molecule is C.CC(C)N1CCN(c2ccc(Nc3ncc4cc5n(c4n3)C3(CCCCC3)CCC5=O)nc2)CC1.CN1CCN(c2ccc(Nc3ncc4cc5n(c4n3)C3(CCCCC3)CCC5=O)nc2)CC1.O=C1CCC2(CCCCC2)n2c1cc1cnc(Nc3ccc(N4CCN(N5CCOCC5)CC4)cn3)nc12.O=C1CCC2(CCCCC2)n2c1cc1cnc(Nc3ccc(N4CCNCC4)cn3)nc12. The molecule has 4 spiro atoms. The van der Waals surface area contributed by atoms with Gasteiger partial charge in [0.2, 0.25) is 23.8 Å². The first-order chi connectivity index (χ1) is 67.5. The average molecular weight is 1880 g/mol. The molecule has 0 radical (unpaired) electrons. The molecule has 34 nitrogen and oxygen atoms in total. The number of ether oxygens (including phenoxy) is 1. The van der Waals surface area contributed by atoms with Crippen LogP contribution in [-0.4, -0.2) is 265 Å². The standard InChI is InChI=1S/C28H36N8O2.C27H35N7O.C25H31N7O.C24H29N7O.CH4/c37-24-6-9-28(7-2-1-3-8-28)36-23(24)18-21-19-30-27(32-26(21)36)31-25-5-4-22(20-29-25)33-10-12-34(13-11-33)35-14-16-38-17-15-35;1-19(2)32-12-14-33(15-13-32)21-6-7-24(28-18-21)30-26-29-17-20-16-22-23(35)8-11-27(9-4-3-5-10-27)34(22)25(20)31-26;1-30-11-13-31(14-12-30)19-5-6-22(26-17-19)28-24-27-16-18-15-20-21(33)7-10-25(8-3-2-4-9-25)32(20)23(18)29-24;32-20-6-9-24(7-2-1-3-8-24)31-19(20)14-17-15-27-23(29-22(17)31)28-21-5-4-18(16-26-21)30-12-10-25-11-13-30;/h4-5,18-20H,1-3,6-17H2,(H,29,30,31,32);6-7,16-19H,3-5,8-15H2,1-2H3,(H,28,29,30,31);5-6,15-17H,2-4,7-14H2,1H3,(H,26,27,28,29);4-5,14-16,25H,1-3,6-13H2,(H,26,27,28,29);1H4. The van der Waals surface area contributed by atoms with Gasteiger partial charge in [0, 0.05) is 218 Å². The van der Waals surface area contributed by atoms with E-state index < -0.39 is 0 Å². The van der Waals surface area contributed by atoms with E-state index in [1.54, 1.807) is 0 Å². The molecule has 0 atom stereocenters. The summed E-state index contributed by atoms with van der Waals surface area (Å²) in [6.07, 6.45) is 45.0. The Hall–Kier alpha value is -12.1. The highest BCUT2D eigenvalue weighted by atomic mass is 16.5. The van der Waals surface area contributed by atoms with Crippen molar-refractivity contribution in [2.45, 2.75) is 229 Å². The zero-order valence-electron chi connectivity index (χ0n) is 80.3. The molecule has 0 bridgehead atoms. The van der Waals surface area contributed by atoms with Gasteiger partial charge in [-0.2, -0.15) is 19.9 Å². The Morgan fingerprint density at radius 1 is 0.317 bits per heavy atom. The van der Waals surface area contributed by atoms with Crippen LogP contribution < -0.4 is 46.2 Å². The minimum Gasteiger partial charge on any atom is -0.379 e. The van der Waals surface area contributed by atoms with Crippen LogP contribution in [0, 0.1) is 0 Å². The Morgan fingerprint density at radius 3 is 0.871 bits per heavy atom. The number of anilines is 12. The molecule has 34 heteroatoms. The quantitative estimate of drug-likeness (QED) is 0.0675. The number of hydrogen-bond donors (Lipinski definition) is 5. The lowest BCUT2D eigenvalue weighted by Gasteiger charge is -2.43. The molecule has 21 heterocycles. The van der Waals surface area contributed by atoms with Crippen LogP contribution in [0.25, 0.3) is 44.1 Å². The lowest BCUT2D eigenvalue weighted by atomic mass is 9.75. The predicted octanol–water partition coefficient (Wildman–Crippen LogP) is 16.5. The summed E-state index contributed by atoms with van der Waals surface area (Å²) < 4.78 is 14.5. The smallest absolute Gasteiger partial charge is 0.230 e. The monoisotopic (exact) mass is 1880 g/mol. The molecule has 12 aromatic heterocycles. The average Bonchev–Trinajstić information content (AvgIpc) is 1.60. The maximum Gasteiger partial charge on any atom is 0.230 e. The van der Waals surface area contributed by atoms with Crippen molar-refractivity contribution in [2.24, 2.45) is 0 Å². The molecule has 139 heavy (non-hydrogen) atoms. The van der Waals surface area contributed by atoms with Gasteiger partial charge in [0.15, 0.2) is 23.1 Å². The summed E-state index contributed by atoms with van der Waals surface area (Å²) in [6.45, 7) is 24.5. The molecule has 5 N–H and O–H groups in total. The number of fused-ring (bicyclic) bond motifs is 16. The third-order valence-electron chi connectivity index (χ3n) is 32.3. The van der Waals surface area contributed by atoms with Gasteiger partial charge in [0.05, 0.1) is 83.5 Å². The molecule has 25 rings (SSSR count). The van der Waals surface area contributed by atoms with E-state index in [1.165, 1.54) is 77.0 Å². The third-order valence-corrected chi connectivity index (χ3v) is 32.3. The molecule has 0 amide bonds. The number of nitrogens with zero attached hydrogens (tertiary/aromatic N) is 24. The van der Waals surface area contributed by atoms with Gasteiger partial charge in [-0.15, -0.1) is 0 Å². The van der Waals surface area contributed by atoms with E-state index in [2.05, 4.69) is 169 Å². The van der Waals surface area contributed by atoms with Crippen LogP contribution in [0.1, 0.15) is 243 Å². The van der Waals surface area contributed by atoms with Crippen molar-refractivity contribution in [1.82, 2.24) is 103 Å². The van der Waals surface area contributed by atoms with E-state index in [-0.39, 0.29) is 52.7 Å². The number of hydrogen-bond acceptors (Lipinski definition) is 30. The Morgan fingerprint density at radius 2 is 0.590 bits per heavy atom. The van der Waals surface area contributed by atoms with Gasteiger partial charge < -0.3 is 74.1 Å². The second-order valence-electron chi connectivity index (χ2n) is 40.9. The number of morpholine rings is 1. The molecule has 9 fully saturated rings. The number of carbonyl (C=O) groups is 4. The van der Waals surface area contributed by atoms with Crippen molar-refractivity contribution in [3.05, 3.63) is 145 Å². The predicted molar refractivity (Wildman–Crippen MR) is 545 cm³/mol. The van der Waals surface area contributed by atoms with Crippen molar-refractivity contribution in [1.29, 1.82) is 0 Å². The van der Waals surface area contributed by atoms with Crippen LogP contribution in [0.5, 0.6) is 0 Å². The lowest BCUT2D eigenvalue weighted by molar-refractivity contribution is -0.0919. The summed E-state index contributed by atoms with van der Waals surface area (Å²) in [4.78, 5) is 122. The summed E-state index contributed by atoms with van der Waals surface area (Å²) in [5.74, 6) is 5.84. The van der Waals surface area contributed by atoms with E-state index in [0.29, 0.717) is 61.3 Å². The number of hydrazine groups is 1. The van der Waals surface area contributed by atoms with Gasteiger partial charge >= 0.3 is 0 Å². The van der Waals surface area contributed by atoms with E-state index >= 15 is 0 Å². The van der Waals surface area contributed by atoms with Crippen molar-refractivity contribution < 1.29 is 23.9 Å². The number of pyridine rings is 4. The molecule has 13 aliphatic rings. The van der Waals surface area contributed by atoms with Crippen molar-refractivity contribution in [3.63, 3.8) is 0 Å². The second-order valence-corrected chi connectivity index (χ2v) is 40.9. The largest absolute Gasteiger partial charge is 0.379 e. The van der Waals surface area contributed by atoms with Crippen LogP contribution in [-0.2, 0) is 26.9 Å². The highest BCUT2D eigenvalue weighted by Gasteiger charge is 2.47. The fourth-order valence-electron chi connectivity index (χ4n) is 24.6. The molecular weight excluding hydrogens is 1750 g/mol. The number of aromatic nitrogens is 16. The molecule has 12 aromatic rings. The van der Waals surface area contributed by atoms with Gasteiger partial charge in [-0.3, -0.25) is 24.1 Å². The lowest BCUT2D eigenvalue weighted by Crippen LogP contribution is -2.56. The zero-order chi connectivity index (χ0) is 93.5. The first-order valence-electron chi connectivity index (χ1n) is 51.4. The van der Waals surface area contributed by atoms with E-state index in [4.69, 9.17) is 24.7 Å². The Balaban J connectivity index is 0.000000110. The summed E-state index contributed by atoms with van der Waals surface area (Å²) in [7, 11) is 2.16. The van der Waals surface area contributed by atoms with Gasteiger partial charge in [-0.1, -0.05) is 84.5 Å². The number of nitrogens with one attached hydrogen (secondary N) is 5. The van der Waals surface area contributed by atoms with E-state index in [1.807, 2.05) is 98.1 Å². The molecule has 9 aliphatic heterocycles. The number of ketones is 4. The van der Waals surface area contributed by atoms with Crippen LogP contribution >= 0.6 is 0 Å². The summed E-state index contributed by atoms with van der Waals surface area (Å²) in [5, 5.41) is 25.1. The number of carbonyl (C=O) groups excluding carboxylic acids is 4. The number of Topliss-reactive ketones (excluding diaryl/α,β-unsaturated/α-hetero) is 4. The maximum atomic E-state index is 12.8. The normalized spacial score (nSPS) is 21.0. The van der Waals surface area contributed by atoms with Gasteiger partial charge in [-0.25, -0.2) is 49.9 Å². The first kappa shape index (κ1) is 93.2. The van der Waals surface area contributed by atoms with Gasteiger partial charge in [0.1, 0.15) is 45.9 Å². The number of rotatable bonds is 14. The fourth-order valence-corrected chi connectivity index (χ4v) is 24.6. The molecule has 0 unspecified atom stereocenters. The Kier molecular flexibility index (Phi) is 27.0. The molecule has 730 valence electrons. The Bertz CT molecular complexity index is 6370. The summed E-state index contributed by atoms with van der Waals surface area (Å²) >= 11 is 0. The van der Waals surface area contributed by atoms with E-state index in [0.717, 1.165) is 315 Å². The molecule has 5 saturated heterocycles. The van der Waals surface area contributed by atoms with Crippen molar-refractivity contribution >= 4 is 137 Å². The third kappa shape index (κ3) is 19.1. The topological polar surface area (TPSA) is 338 Å². The summed E-state index contributed by atoms with van der Waals surface area (Å²) in [5.41, 5.74) is 11.3. The van der Waals surface area contributed by atoms with E-state index in [9.17, 15) is 19.2 Å². The van der Waals surface area contributed by atoms with Crippen LogP contribution in [0.3, 0.4) is 0 Å². The maximum absolute atomic E-state index is 12.8. The minimum absolute atomic E-state index is 0. The fraction of sp³-hybridized carbons (Fsp3) is 0.543. The zero-order valence-corrected chi connectivity index (χ0v) is 80.3. The van der Waals surface area contributed by atoms with Crippen LogP contribution in [0.4, 0.5) is 69.8 Å².